The smallest absolute Gasteiger partial charge is 0.331 e. The third-order valence-corrected chi connectivity index (χ3v) is 2.53. The third-order valence-electron chi connectivity index (χ3n) is 2.53. The first-order valence-corrected chi connectivity index (χ1v) is 7.37. The lowest BCUT2D eigenvalue weighted by Crippen LogP contribution is -2.30. The highest BCUT2D eigenvalue weighted by Crippen LogP contribution is 2.00. The Labute approximate surface area is 149 Å². The van der Waals surface area contributed by atoms with Gasteiger partial charge in [-0.1, -0.05) is 6.92 Å². The van der Waals surface area contributed by atoms with Crippen molar-refractivity contribution in [1.82, 2.24) is 0 Å². The molecule has 1 unspecified atom stereocenters. The van der Waals surface area contributed by atoms with Crippen molar-refractivity contribution >= 4 is 29.8 Å². The van der Waals surface area contributed by atoms with E-state index in [9.17, 15) is 24.0 Å². The lowest BCUT2D eigenvalue weighted by atomic mass is 10.4. The van der Waals surface area contributed by atoms with E-state index in [1.165, 1.54) is 0 Å². The van der Waals surface area contributed by atoms with Crippen LogP contribution in [-0.2, 0) is 47.7 Å². The molecule has 0 amide bonds. The highest BCUT2D eigenvalue weighted by atomic mass is 16.6. The van der Waals surface area contributed by atoms with Gasteiger partial charge in [0.15, 0.2) is 6.10 Å². The second-order valence-electron chi connectivity index (χ2n) is 4.44. The van der Waals surface area contributed by atoms with Gasteiger partial charge >= 0.3 is 29.8 Å². The highest BCUT2D eigenvalue weighted by molar-refractivity contribution is 5.92. The van der Waals surface area contributed by atoms with Crippen molar-refractivity contribution in [3.05, 3.63) is 24.3 Å². The highest BCUT2D eigenvalue weighted by Gasteiger charge is 2.18. The molecule has 0 fully saturated rings. The number of esters is 5. The van der Waals surface area contributed by atoms with Crippen LogP contribution in [0.4, 0.5) is 0 Å². The lowest BCUT2D eigenvalue weighted by Gasteiger charge is -2.16. The summed E-state index contributed by atoms with van der Waals surface area (Å²) in [5, 5.41) is 0. The summed E-state index contributed by atoms with van der Waals surface area (Å²) in [5.41, 5.74) is 0. The topological polar surface area (TPSA) is 132 Å². The first kappa shape index (κ1) is 22.8. The maximum absolute atomic E-state index is 11.6. The molecule has 0 radical (unpaired) electrons. The summed E-state index contributed by atoms with van der Waals surface area (Å²) in [7, 11) is 2.27. The van der Waals surface area contributed by atoms with E-state index in [1.807, 2.05) is 0 Å². The number of methoxy groups -OCH3 is 2. The van der Waals surface area contributed by atoms with Gasteiger partial charge in [0, 0.05) is 30.7 Å². The third kappa shape index (κ3) is 11.4. The Hall–Kier alpha value is -3.17. The predicted octanol–water partition coefficient (Wildman–Crippen LogP) is -0.147. The molecule has 10 heteroatoms. The normalized spacial score (nSPS) is 11.7. The van der Waals surface area contributed by atoms with E-state index in [4.69, 9.17) is 14.2 Å². The van der Waals surface area contributed by atoms with Crippen LogP contribution in [0.25, 0.3) is 0 Å². The standard InChI is InChI=1S/C16H20O10/c1-4-12(17)24-9-11(26-16(21)8-6-14(19)23-3)10-25-15(20)7-5-13(18)22-2/h5-8,11H,4,9-10H2,1-3H3. The molecule has 10 nitrogen and oxygen atoms in total. The van der Waals surface area contributed by atoms with Gasteiger partial charge in [0.1, 0.15) is 13.2 Å². The van der Waals surface area contributed by atoms with Crippen molar-refractivity contribution in [3.8, 4) is 0 Å². The molecule has 26 heavy (non-hydrogen) atoms. The van der Waals surface area contributed by atoms with Crippen molar-refractivity contribution in [2.75, 3.05) is 27.4 Å². The van der Waals surface area contributed by atoms with E-state index in [0.717, 1.165) is 38.5 Å². The Balaban J connectivity index is 4.70. The lowest BCUT2D eigenvalue weighted by molar-refractivity contribution is -0.162. The maximum atomic E-state index is 11.6. The van der Waals surface area contributed by atoms with Crippen molar-refractivity contribution < 1.29 is 47.7 Å². The fraction of sp³-hybridized carbons (Fsp3) is 0.438. The molecule has 0 saturated carbocycles. The SMILES string of the molecule is CCC(=O)OCC(COC(=O)C=CC(=O)OC)OC(=O)C=CC(=O)OC. The van der Waals surface area contributed by atoms with Crippen LogP contribution in [0, 0.1) is 0 Å². The Morgan fingerprint density at radius 1 is 0.731 bits per heavy atom. The monoisotopic (exact) mass is 372 g/mol. The van der Waals surface area contributed by atoms with E-state index < -0.39 is 42.6 Å². The Kier molecular flexibility index (Phi) is 11.6. The molecule has 0 aromatic rings. The predicted molar refractivity (Wildman–Crippen MR) is 84.4 cm³/mol. The molecular weight excluding hydrogens is 352 g/mol. The van der Waals surface area contributed by atoms with Crippen molar-refractivity contribution in [3.63, 3.8) is 0 Å². The molecule has 0 heterocycles. The van der Waals surface area contributed by atoms with E-state index in [-0.39, 0.29) is 13.0 Å². The molecule has 0 saturated heterocycles. The summed E-state index contributed by atoms with van der Waals surface area (Å²) >= 11 is 0. The van der Waals surface area contributed by atoms with E-state index in [0.29, 0.717) is 0 Å². The van der Waals surface area contributed by atoms with E-state index >= 15 is 0 Å². The molecule has 0 N–H and O–H groups in total. The fourth-order valence-electron chi connectivity index (χ4n) is 1.24. The van der Waals surface area contributed by atoms with Gasteiger partial charge in [0.25, 0.3) is 0 Å². The first-order chi connectivity index (χ1) is 12.3. The van der Waals surface area contributed by atoms with Crippen LogP contribution in [0.3, 0.4) is 0 Å². The van der Waals surface area contributed by atoms with Gasteiger partial charge in [-0.15, -0.1) is 0 Å². The summed E-state index contributed by atoms with van der Waals surface area (Å²) in [6.45, 7) is 0.762. The van der Waals surface area contributed by atoms with Crippen LogP contribution >= 0.6 is 0 Å². The zero-order valence-corrected chi connectivity index (χ0v) is 14.6. The van der Waals surface area contributed by atoms with Gasteiger partial charge in [0.05, 0.1) is 14.2 Å². The van der Waals surface area contributed by atoms with Crippen molar-refractivity contribution in [2.45, 2.75) is 19.4 Å². The van der Waals surface area contributed by atoms with Crippen LogP contribution in [0.2, 0.25) is 0 Å². The van der Waals surface area contributed by atoms with Gasteiger partial charge < -0.3 is 23.7 Å². The van der Waals surface area contributed by atoms with Crippen LogP contribution < -0.4 is 0 Å². The average Bonchev–Trinajstić information content (AvgIpc) is 2.65. The molecule has 1 atom stereocenters. The largest absolute Gasteiger partial charge is 0.466 e. The van der Waals surface area contributed by atoms with E-state index in [1.54, 1.807) is 6.92 Å². The molecule has 0 spiro atoms. The number of ether oxygens (including phenoxy) is 5. The molecular formula is C16H20O10. The second kappa shape index (κ2) is 13.2. The zero-order chi connectivity index (χ0) is 19.9. The number of rotatable bonds is 10. The molecule has 0 aromatic heterocycles. The van der Waals surface area contributed by atoms with Crippen LogP contribution in [0.15, 0.2) is 24.3 Å². The minimum atomic E-state index is -1.12. The van der Waals surface area contributed by atoms with Gasteiger partial charge in [-0.25, -0.2) is 19.2 Å². The van der Waals surface area contributed by atoms with Crippen LogP contribution in [0.5, 0.6) is 0 Å². The van der Waals surface area contributed by atoms with Gasteiger partial charge in [-0.3, -0.25) is 4.79 Å². The maximum Gasteiger partial charge on any atom is 0.331 e. The van der Waals surface area contributed by atoms with Gasteiger partial charge in [0.2, 0.25) is 0 Å². The van der Waals surface area contributed by atoms with Crippen LogP contribution in [0.1, 0.15) is 13.3 Å². The summed E-state index contributed by atoms with van der Waals surface area (Å²) in [5.74, 6) is -3.91. The average molecular weight is 372 g/mol. The molecule has 0 aromatic carbocycles. The first-order valence-electron chi connectivity index (χ1n) is 7.37. The Morgan fingerprint density at radius 2 is 1.19 bits per heavy atom. The quantitative estimate of drug-likeness (QED) is 0.290. The van der Waals surface area contributed by atoms with E-state index in [2.05, 4.69) is 9.47 Å². The number of carbonyl (C=O) groups excluding carboxylic acids is 5. The fourth-order valence-corrected chi connectivity index (χ4v) is 1.24. The summed E-state index contributed by atoms with van der Waals surface area (Å²) in [4.78, 5) is 56.1. The summed E-state index contributed by atoms with van der Waals surface area (Å²) in [6.07, 6.45) is 2.29. The number of hydrogen-bond acceptors (Lipinski definition) is 10. The zero-order valence-electron chi connectivity index (χ0n) is 14.6. The molecule has 144 valence electrons. The van der Waals surface area contributed by atoms with Crippen molar-refractivity contribution in [2.24, 2.45) is 0 Å². The molecule has 0 aliphatic rings. The minimum absolute atomic E-state index is 0.102. The summed E-state index contributed by atoms with van der Waals surface area (Å²) in [6, 6.07) is 0. The number of hydrogen-bond donors (Lipinski definition) is 0. The Bertz CT molecular complexity index is 576. The van der Waals surface area contributed by atoms with Crippen LogP contribution in [-0.4, -0.2) is 63.4 Å². The van der Waals surface area contributed by atoms with Gasteiger partial charge in [-0.2, -0.15) is 0 Å². The number of carbonyl (C=O) groups is 5. The summed E-state index contributed by atoms with van der Waals surface area (Å²) < 4.78 is 23.2. The molecule has 0 bridgehead atoms. The Morgan fingerprint density at radius 3 is 1.69 bits per heavy atom. The molecule has 0 aliphatic heterocycles. The minimum Gasteiger partial charge on any atom is -0.466 e. The molecule has 0 aliphatic carbocycles. The van der Waals surface area contributed by atoms with Crippen molar-refractivity contribution in [1.29, 1.82) is 0 Å². The second-order valence-corrected chi connectivity index (χ2v) is 4.44. The van der Waals surface area contributed by atoms with Gasteiger partial charge in [-0.05, 0) is 0 Å². The molecule has 0 rings (SSSR count).